The molecule has 0 bridgehead atoms. The van der Waals surface area contributed by atoms with Gasteiger partial charge in [0.1, 0.15) is 12.0 Å². The molecule has 0 aliphatic carbocycles. The minimum Gasteiger partial charge on any atom is -0.465 e. The number of rotatable bonds is 4. The third-order valence-electron chi connectivity index (χ3n) is 3.36. The molecule has 1 rings (SSSR count). The molecule has 0 radical (unpaired) electrons. The summed E-state index contributed by atoms with van der Waals surface area (Å²) in [4.78, 5) is 23.5. The molecule has 1 aliphatic rings. The fraction of sp³-hybridized carbons (Fsp3) is 0.833. The second-order valence-electron chi connectivity index (χ2n) is 5.34. The number of hydrogen-bond acceptors (Lipinski definition) is 3. The van der Waals surface area contributed by atoms with E-state index in [1.807, 2.05) is 13.8 Å². The van der Waals surface area contributed by atoms with Gasteiger partial charge in [0.05, 0.1) is 12.6 Å². The Labute approximate surface area is 102 Å². The van der Waals surface area contributed by atoms with E-state index in [1.54, 1.807) is 13.8 Å². The standard InChI is InChI=1S/C12H21NO4/c1-8(2)9(6-14)5-10-7-17-12(3,4)13(10)11(15)16/h6,8-10H,5,7H2,1-4H3,(H,15,16). The Morgan fingerprint density at radius 2 is 2.18 bits per heavy atom. The number of ether oxygens (including phenoxy) is 1. The minimum absolute atomic E-state index is 0.126. The van der Waals surface area contributed by atoms with Gasteiger partial charge in [-0.1, -0.05) is 13.8 Å². The topological polar surface area (TPSA) is 66.8 Å². The van der Waals surface area contributed by atoms with E-state index in [0.29, 0.717) is 13.0 Å². The molecule has 0 aromatic rings. The lowest BCUT2D eigenvalue weighted by Crippen LogP contribution is -2.47. The van der Waals surface area contributed by atoms with Crippen LogP contribution in [0.1, 0.15) is 34.1 Å². The summed E-state index contributed by atoms with van der Waals surface area (Å²) in [5.74, 6) is 0.0891. The Balaban J connectivity index is 2.77. The van der Waals surface area contributed by atoms with Crippen molar-refractivity contribution in [2.45, 2.75) is 45.9 Å². The van der Waals surface area contributed by atoms with Crippen molar-refractivity contribution in [3.8, 4) is 0 Å². The number of nitrogens with zero attached hydrogens (tertiary/aromatic N) is 1. The Hall–Kier alpha value is -1.10. The molecule has 1 heterocycles. The van der Waals surface area contributed by atoms with Crippen LogP contribution in [0, 0.1) is 11.8 Å². The van der Waals surface area contributed by atoms with Gasteiger partial charge in [-0.25, -0.2) is 4.79 Å². The van der Waals surface area contributed by atoms with Gasteiger partial charge in [0.25, 0.3) is 0 Å². The SMILES string of the molecule is CC(C)C(C=O)CC1COC(C)(C)N1C(=O)O. The van der Waals surface area contributed by atoms with E-state index < -0.39 is 11.8 Å². The van der Waals surface area contributed by atoms with Gasteiger partial charge in [0.15, 0.2) is 0 Å². The molecule has 1 saturated heterocycles. The van der Waals surface area contributed by atoms with Gasteiger partial charge >= 0.3 is 6.09 Å². The highest BCUT2D eigenvalue weighted by Gasteiger charge is 2.44. The molecule has 1 amide bonds. The molecule has 0 spiro atoms. The normalized spacial score (nSPS) is 25.0. The summed E-state index contributed by atoms with van der Waals surface area (Å²) in [5, 5.41) is 9.20. The Bertz CT molecular complexity index is 301. The average Bonchev–Trinajstić information content (AvgIpc) is 2.49. The smallest absolute Gasteiger partial charge is 0.409 e. The maximum absolute atomic E-state index is 11.2. The van der Waals surface area contributed by atoms with Crippen molar-refractivity contribution >= 4 is 12.4 Å². The monoisotopic (exact) mass is 243 g/mol. The second-order valence-corrected chi connectivity index (χ2v) is 5.34. The number of carbonyl (C=O) groups is 2. The van der Waals surface area contributed by atoms with Gasteiger partial charge in [0.2, 0.25) is 0 Å². The molecular formula is C12H21NO4. The molecule has 1 fully saturated rings. The van der Waals surface area contributed by atoms with Crippen LogP contribution in [0.4, 0.5) is 4.79 Å². The molecular weight excluding hydrogens is 222 g/mol. The predicted molar refractivity (Wildman–Crippen MR) is 62.7 cm³/mol. The van der Waals surface area contributed by atoms with E-state index in [9.17, 15) is 14.7 Å². The number of aldehydes is 1. The first-order valence-corrected chi connectivity index (χ1v) is 5.91. The summed E-state index contributed by atoms with van der Waals surface area (Å²) in [5.41, 5.74) is -0.805. The van der Waals surface area contributed by atoms with Crippen LogP contribution >= 0.6 is 0 Å². The third kappa shape index (κ3) is 2.97. The van der Waals surface area contributed by atoms with E-state index in [-0.39, 0.29) is 17.9 Å². The minimum atomic E-state index is -0.995. The highest BCUT2D eigenvalue weighted by Crippen LogP contribution is 2.31. The highest BCUT2D eigenvalue weighted by molar-refractivity contribution is 5.67. The first-order chi connectivity index (χ1) is 7.79. The van der Waals surface area contributed by atoms with Gasteiger partial charge in [-0.15, -0.1) is 0 Å². The molecule has 1 aliphatic heterocycles. The van der Waals surface area contributed by atoms with Crippen LogP contribution in [0.3, 0.4) is 0 Å². The number of carboxylic acid groups (broad SMARTS) is 1. The zero-order valence-electron chi connectivity index (χ0n) is 10.8. The fourth-order valence-electron chi connectivity index (χ4n) is 2.24. The van der Waals surface area contributed by atoms with Crippen LogP contribution < -0.4 is 0 Å². The molecule has 1 N–H and O–H groups in total. The van der Waals surface area contributed by atoms with Crippen LogP contribution in [-0.4, -0.2) is 40.8 Å². The summed E-state index contributed by atoms with van der Waals surface area (Å²) in [6, 6.07) is -0.236. The van der Waals surface area contributed by atoms with Crippen molar-refractivity contribution in [3.05, 3.63) is 0 Å². The largest absolute Gasteiger partial charge is 0.465 e. The van der Waals surface area contributed by atoms with Crippen molar-refractivity contribution < 1.29 is 19.4 Å². The van der Waals surface area contributed by atoms with Crippen molar-refractivity contribution in [2.24, 2.45) is 11.8 Å². The molecule has 98 valence electrons. The number of amides is 1. The van der Waals surface area contributed by atoms with Crippen LogP contribution in [0.2, 0.25) is 0 Å². The quantitative estimate of drug-likeness (QED) is 0.766. The van der Waals surface area contributed by atoms with Crippen molar-refractivity contribution in [3.63, 3.8) is 0 Å². The molecule has 2 atom stereocenters. The van der Waals surface area contributed by atoms with Crippen molar-refractivity contribution in [1.82, 2.24) is 4.90 Å². The van der Waals surface area contributed by atoms with E-state index in [4.69, 9.17) is 4.74 Å². The van der Waals surface area contributed by atoms with Gasteiger partial charge in [-0.05, 0) is 26.2 Å². The summed E-state index contributed by atoms with van der Waals surface area (Å²) < 4.78 is 5.48. The average molecular weight is 243 g/mol. The fourth-order valence-corrected chi connectivity index (χ4v) is 2.24. The van der Waals surface area contributed by atoms with Crippen LogP contribution in [-0.2, 0) is 9.53 Å². The molecule has 5 nitrogen and oxygen atoms in total. The van der Waals surface area contributed by atoms with Gasteiger partial charge < -0.3 is 14.6 Å². The predicted octanol–water partition coefficient (Wildman–Crippen LogP) is 1.96. The first-order valence-electron chi connectivity index (χ1n) is 5.91. The molecule has 0 aromatic heterocycles. The van der Waals surface area contributed by atoms with Gasteiger partial charge in [-0.2, -0.15) is 0 Å². The highest BCUT2D eigenvalue weighted by atomic mass is 16.5. The summed E-state index contributed by atoms with van der Waals surface area (Å²) in [6.45, 7) is 7.74. The Morgan fingerprint density at radius 3 is 2.59 bits per heavy atom. The Morgan fingerprint density at radius 1 is 1.59 bits per heavy atom. The molecule has 0 aromatic carbocycles. The van der Waals surface area contributed by atoms with Gasteiger partial charge in [0, 0.05) is 5.92 Å². The van der Waals surface area contributed by atoms with Crippen LogP contribution in [0.25, 0.3) is 0 Å². The molecule has 2 unspecified atom stereocenters. The van der Waals surface area contributed by atoms with E-state index in [2.05, 4.69) is 0 Å². The maximum Gasteiger partial charge on any atom is 0.409 e. The summed E-state index contributed by atoms with van der Waals surface area (Å²) >= 11 is 0. The first kappa shape index (κ1) is 14.0. The van der Waals surface area contributed by atoms with Crippen molar-refractivity contribution in [1.29, 1.82) is 0 Å². The summed E-state index contributed by atoms with van der Waals surface area (Å²) in [7, 11) is 0. The Kier molecular flexibility index (Phi) is 4.14. The number of carbonyl (C=O) groups excluding carboxylic acids is 1. The lowest BCUT2D eigenvalue weighted by molar-refractivity contribution is -0.112. The zero-order chi connectivity index (χ0) is 13.2. The van der Waals surface area contributed by atoms with E-state index in [1.165, 1.54) is 4.90 Å². The van der Waals surface area contributed by atoms with E-state index in [0.717, 1.165) is 6.29 Å². The summed E-state index contributed by atoms with van der Waals surface area (Å²) in [6.07, 6.45) is 0.443. The lowest BCUT2D eigenvalue weighted by atomic mass is 9.90. The zero-order valence-corrected chi connectivity index (χ0v) is 10.8. The third-order valence-corrected chi connectivity index (χ3v) is 3.36. The molecule has 5 heteroatoms. The van der Waals surface area contributed by atoms with Gasteiger partial charge in [-0.3, -0.25) is 4.90 Å². The van der Waals surface area contributed by atoms with Crippen LogP contribution in [0.15, 0.2) is 0 Å². The second kappa shape index (κ2) is 5.04. The molecule has 17 heavy (non-hydrogen) atoms. The van der Waals surface area contributed by atoms with Crippen LogP contribution in [0.5, 0.6) is 0 Å². The molecule has 0 saturated carbocycles. The lowest BCUT2D eigenvalue weighted by Gasteiger charge is -2.32. The number of hydrogen-bond donors (Lipinski definition) is 1. The van der Waals surface area contributed by atoms with Crippen molar-refractivity contribution in [2.75, 3.05) is 6.61 Å². The van der Waals surface area contributed by atoms with E-state index >= 15 is 0 Å². The maximum atomic E-state index is 11.2.